The van der Waals surface area contributed by atoms with Crippen LogP contribution >= 0.6 is 0 Å². The van der Waals surface area contributed by atoms with Gasteiger partial charge in [-0.05, 0) is 12.1 Å². The molecule has 0 aliphatic carbocycles. The molecule has 0 saturated carbocycles. The van der Waals surface area contributed by atoms with E-state index in [0.717, 1.165) is 0 Å². The summed E-state index contributed by atoms with van der Waals surface area (Å²) in [6.07, 6.45) is 0. The molecule has 0 spiro atoms. The number of nitrogen functional groups attached to an aromatic ring is 1. The lowest BCUT2D eigenvalue weighted by Crippen LogP contribution is -1.98. The molecular weight excluding hydrogens is 201 g/mol. The maximum absolute atomic E-state index is 13.4. The molecule has 15 heavy (non-hydrogen) atoms. The number of halogens is 1. The number of aromatic nitrogens is 2. The molecule has 0 fully saturated rings. The van der Waals surface area contributed by atoms with Crippen LogP contribution in [0.15, 0.2) is 12.1 Å². The van der Waals surface area contributed by atoms with Gasteiger partial charge in [0.05, 0.1) is 7.11 Å². The molecule has 0 atom stereocenters. The van der Waals surface area contributed by atoms with Crippen molar-refractivity contribution in [2.75, 3.05) is 12.8 Å². The van der Waals surface area contributed by atoms with Crippen LogP contribution in [0.3, 0.4) is 0 Å². The zero-order valence-corrected chi connectivity index (χ0v) is 7.86. The molecule has 0 unspecified atom stereocenters. The number of hydrogen-bond acceptors (Lipinski definition) is 5. The van der Waals surface area contributed by atoms with Crippen molar-refractivity contribution < 1.29 is 14.2 Å². The minimum atomic E-state index is -0.588. The Bertz CT molecular complexity index is 530. The van der Waals surface area contributed by atoms with Gasteiger partial charge < -0.3 is 15.6 Å². The van der Waals surface area contributed by atoms with Crippen LogP contribution in [0.2, 0.25) is 0 Å². The van der Waals surface area contributed by atoms with Crippen LogP contribution in [-0.2, 0) is 0 Å². The second-order valence-electron chi connectivity index (χ2n) is 2.88. The summed E-state index contributed by atoms with van der Waals surface area (Å²) in [6, 6.07) is 2.57. The minimum absolute atomic E-state index is 0.0562. The van der Waals surface area contributed by atoms with E-state index in [1.165, 1.54) is 19.2 Å². The zero-order chi connectivity index (χ0) is 11.0. The maximum atomic E-state index is 13.4. The summed E-state index contributed by atoms with van der Waals surface area (Å²) in [4.78, 5) is 7.22. The highest BCUT2D eigenvalue weighted by Gasteiger charge is 2.14. The minimum Gasteiger partial charge on any atom is -0.496 e. The van der Waals surface area contributed by atoms with E-state index in [9.17, 15) is 9.50 Å². The first-order chi connectivity index (χ1) is 7.13. The first kappa shape index (κ1) is 9.45. The summed E-state index contributed by atoms with van der Waals surface area (Å²) in [5, 5.41) is 9.63. The van der Waals surface area contributed by atoms with Crippen LogP contribution in [0, 0.1) is 5.82 Å². The zero-order valence-electron chi connectivity index (χ0n) is 7.86. The highest BCUT2D eigenvalue weighted by atomic mass is 19.1. The Morgan fingerprint density at radius 3 is 2.80 bits per heavy atom. The second-order valence-corrected chi connectivity index (χ2v) is 2.88. The quantitative estimate of drug-likeness (QED) is 0.734. The molecule has 0 bridgehead atoms. The van der Waals surface area contributed by atoms with Crippen LogP contribution in [0.5, 0.6) is 11.6 Å². The van der Waals surface area contributed by atoms with Crippen molar-refractivity contribution in [1.29, 1.82) is 0 Å². The molecule has 3 N–H and O–H groups in total. The molecule has 0 amide bonds. The molecule has 0 radical (unpaired) electrons. The van der Waals surface area contributed by atoms with Crippen molar-refractivity contribution in [2.45, 2.75) is 0 Å². The molecule has 0 aliphatic rings. The summed E-state index contributed by atoms with van der Waals surface area (Å²) in [7, 11) is 1.41. The molecule has 1 heterocycles. The van der Waals surface area contributed by atoms with Crippen LogP contribution < -0.4 is 10.5 Å². The van der Waals surface area contributed by atoms with E-state index in [4.69, 9.17) is 10.5 Å². The number of hydrogen-bond donors (Lipinski definition) is 2. The second kappa shape index (κ2) is 3.23. The molecule has 0 saturated heterocycles. The third kappa shape index (κ3) is 1.39. The number of nitrogens with zero attached hydrogens (tertiary/aromatic N) is 2. The molecule has 6 heteroatoms. The van der Waals surface area contributed by atoms with E-state index >= 15 is 0 Å². The third-order valence-corrected chi connectivity index (χ3v) is 1.98. The number of methoxy groups -OCH3 is 1. The summed E-state index contributed by atoms with van der Waals surface area (Å²) < 4.78 is 18.3. The van der Waals surface area contributed by atoms with Crippen LogP contribution in [0.1, 0.15) is 0 Å². The van der Waals surface area contributed by atoms with E-state index in [0.29, 0.717) is 5.75 Å². The van der Waals surface area contributed by atoms with E-state index in [1.807, 2.05) is 0 Å². The smallest absolute Gasteiger partial charge is 0.227 e. The first-order valence-electron chi connectivity index (χ1n) is 4.12. The summed E-state index contributed by atoms with van der Waals surface area (Å²) >= 11 is 0. The lowest BCUT2D eigenvalue weighted by Gasteiger charge is -2.06. The highest BCUT2D eigenvalue weighted by molar-refractivity contribution is 5.90. The third-order valence-electron chi connectivity index (χ3n) is 1.98. The molecule has 0 aliphatic heterocycles. The van der Waals surface area contributed by atoms with Crippen molar-refractivity contribution in [3.63, 3.8) is 0 Å². The average Bonchev–Trinajstić information content (AvgIpc) is 2.19. The van der Waals surface area contributed by atoms with Gasteiger partial charge in [-0.2, -0.15) is 4.98 Å². The molecule has 1 aromatic carbocycles. The topological polar surface area (TPSA) is 81.3 Å². The SMILES string of the molecule is COc1ccc(F)c2nc(N)nc(O)c12. The van der Waals surface area contributed by atoms with Gasteiger partial charge in [0.1, 0.15) is 22.5 Å². The fraction of sp³-hybridized carbons (Fsp3) is 0.111. The van der Waals surface area contributed by atoms with Gasteiger partial charge in [-0.3, -0.25) is 0 Å². The Morgan fingerprint density at radius 2 is 2.13 bits per heavy atom. The predicted molar refractivity (Wildman–Crippen MR) is 52.1 cm³/mol. The number of ether oxygens (including phenoxy) is 1. The average molecular weight is 209 g/mol. The van der Waals surface area contributed by atoms with Crippen molar-refractivity contribution in [1.82, 2.24) is 9.97 Å². The van der Waals surface area contributed by atoms with Crippen molar-refractivity contribution >= 4 is 16.9 Å². The standard InChI is InChI=1S/C9H8FN3O2/c1-15-5-3-2-4(10)7-6(5)8(14)13-9(11)12-7/h2-3H,1H3,(H3,11,12,13,14). The molecule has 5 nitrogen and oxygen atoms in total. The van der Waals surface area contributed by atoms with Gasteiger partial charge in [0.25, 0.3) is 0 Å². The number of benzene rings is 1. The summed E-state index contributed by atoms with van der Waals surface area (Å²) in [5.41, 5.74) is 5.24. The Kier molecular flexibility index (Phi) is 2.03. The Morgan fingerprint density at radius 1 is 1.40 bits per heavy atom. The summed E-state index contributed by atoms with van der Waals surface area (Å²) in [6.45, 7) is 0. The molecule has 2 rings (SSSR count). The van der Waals surface area contributed by atoms with Gasteiger partial charge in [-0.1, -0.05) is 0 Å². The number of nitrogens with two attached hydrogens (primary N) is 1. The number of aromatic hydroxyl groups is 1. The number of rotatable bonds is 1. The lowest BCUT2D eigenvalue weighted by atomic mass is 10.2. The van der Waals surface area contributed by atoms with Gasteiger partial charge in [0, 0.05) is 0 Å². The van der Waals surface area contributed by atoms with Crippen LogP contribution in [0.25, 0.3) is 10.9 Å². The highest BCUT2D eigenvalue weighted by Crippen LogP contribution is 2.32. The number of anilines is 1. The van der Waals surface area contributed by atoms with Gasteiger partial charge in [0.2, 0.25) is 11.8 Å². The Hall–Kier alpha value is -2.11. The van der Waals surface area contributed by atoms with E-state index in [2.05, 4.69) is 9.97 Å². The molecule has 78 valence electrons. The summed E-state index contributed by atoms with van der Waals surface area (Å²) in [5.74, 6) is -0.875. The van der Waals surface area contributed by atoms with Crippen molar-refractivity contribution in [3.05, 3.63) is 17.9 Å². The predicted octanol–water partition coefficient (Wildman–Crippen LogP) is 1.07. The monoisotopic (exact) mass is 209 g/mol. The van der Waals surface area contributed by atoms with Gasteiger partial charge >= 0.3 is 0 Å². The molecular formula is C9H8FN3O2. The van der Waals surface area contributed by atoms with Crippen molar-refractivity contribution in [2.24, 2.45) is 0 Å². The van der Waals surface area contributed by atoms with E-state index in [-0.39, 0.29) is 16.9 Å². The Labute approximate surface area is 84.3 Å². The van der Waals surface area contributed by atoms with Gasteiger partial charge in [-0.15, -0.1) is 0 Å². The first-order valence-corrected chi connectivity index (χ1v) is 4.12. The normalized spacial score (nSPS) is 10.5. The largest absolute Gasteiger partial charge is 0.496 e. The fourth-order valence-electron chi connectivity index (χ4n) is 1.35. The van der Waals surface area contributed by atoms with E-state index < -0.39 is 11.7 Å². The van der Waals surface area contributed by atoms with Gasteiger partial charge in [0.15, 0.2) is 0 Å². The van der Waals surface area contributed by atoms with Gasteiger partial charge in [-0.25, -0.2) is 9.37 Å². The molecule has 1 aromatic heterocycles. The van der Waals surface area contributed by atoms with Crippen molar-refractivity contribution in [3.8, 4) is 11.6 Å². The fourth-order valence-corrected chi connectivity index (χ4v) is 1.35. The maximum Gasteiger partial charge on any atom is 0.227 e. The van der Waals surface area contributed by atoms with Crippen LogP contribution in [-0.4, -0.2) is 22.2 Å². The lowest BCUT2D eigenvalue weighted by molar-refractivity contribution is 0.413. The Balaban J connectivity index is 2.93. The molecule has 2 aromatic rings. The number of fused-ring (bicyclic) bond motifs is 1. The van der Waals surface area contributed by atoms with E-state index in [1.54, 1.807) is 0 Å². The van der Waals surface area contributed by atoms with Crippen LogP contribution in [0.4, 0.5) is 10.3 Å².